The number of aryl methyl sites for hydroxylation is 1. The van der Waals surface area contributed by atoms with Crippen LogP contribution in [0.1, 0.15) is 16.7 Å². The van der Waals surface area contributed by atoms with Crippen molar-refractivity contribution >= 4 is 5.84 Å². The van der Waals surface area contributed by atoms with Crippen molar-refractivity contribution in [1.29, 1.82) is 0 Å². The van der Waals surface area contributed by atoms with E-state index in [1.165, 1.54) is 5.56 Å². The monoisotopic (exact) mass is 251 g/mol. The van der Waals surface area contributed by atoms with Gasteiger partial charge >= 0.3 is 0 Å². The van der Waals surface area contributed by atoms with Gasteiger partial charge < -0.3 is 15.7 Å². The van der Waals surface area contributed by atoms with Crippen molar-refractivity contribution in [3.8, 4) is 0 Å². The lowest BCUT2D eigenvalue weighted by atomic mass is 10.0. The second kappa shape index (κ2) is 6.98. The zero-order valence-electron chi connectivity index (χ0n) is 11.2. The van der Waals surface area contributed by atoms with Gasteiger partial charge in [0.25, 0.3) is 0 Å². The molecule has 3 N–H and O–H groups in total. The molecule has 5 nitrogen and oxygen atoms in total. The van der Waals surface area contributed by atoms with E-state index in [1.807, 2.05) is 25.1 Å². The van der Waals surface area contributed by atoms with Crippen LogP contribution in [0.2, 0.25) is 0 Å². The molecule has 0 saturated carbocycles. The van der Waals surface area contributed by atoms with Crippen LogP contribution in [-0.2, 0) is 11.3 Å². The van der Waals surface area contributed by atoms with Gasteiger partial charge in [0.1, 0.15) is 0 Å². The molecule has 0 spiro atoms. The highest BCUT2D eigenvalue weighted by atomic mass is 16.5. The predicted octanol–water partition coefficient (Wildman–Crippen LogP) is 1.17. The molecule has 0 saturated heterocycles. The van der Waals surface area contributed by atoms with E-state index in [4.69, 9.17) is 15.7 Å². The van der Waals surface area contributed by atoms with E-state index >= 15 is 0 Å². The lowest BCUT2D eigenvalue weighted by Gasteiger charge is -2.17. The van der Waals surface area contributed by atoms with Gasteiger partial charge in [0.15, 0.2) is 5.84 Å². The third-order valence-electron chi connectivity index (χ3n) is 2.86. The van der Waals surface area contributed by atoms with Crippen molar-refractivity contribution in [2.75, 3.05) is 27.3 Å². The molecule has 1 aromatic carbocycles. The number of amidine groups is 1. The minimum Gasteiger partial charge on any atom is -0.409 e. The van der Waals surface area contributed by atoms with Crippen molar-refractivity contribution in [1.82, 2.24) is 4.90 Å². The second-order valence-electron chi connectivity index (χ2n) is 4.36. The van der Waals surface area contributed by atoms with E-state index in [1.54, 1.807) is 7.11 Å². The summed E-state index contributed by atoms with van der Waals surface area (Å²) in [7, 11) is 3.75. The summed E-state index contributed by atoms with van der Waals surface area (Å²) in [6.45, 7) is 4.48. The Morgan fingerprint density at radius 3 is 2.78 bits per heavy atom. The molecule has 1 rings (SSSR count). The molecular formula is C13H21N3O2. The Kier molecular flexibility index (Phi) is 5.61. The Labute approximate surface area is 108 Å². The highest BCUT2D eigenvalue weighted by Crippen LogP contribution is 2.13. The van der Waals surface area contributed by atoms with Gasteiger partial charge in [0.2, 0.25) is 0 Å². The number of nitrogens with zero attached hydrogens (tertiary/aromatic N) is 2. The first-order valence-electron chi connectivity index (χ1n) is 5.83. The zero-order valence-corrected chi connectivity index (χ0v) is 11.2. The number of benzene rings is 1. The number of nitrogens with two attached hydrogens (primary N) is 1. The maximum Gasteiger partial charge on any atom is 0.170 e. The van der Waals surface area contributed by atoms with Crippen LogP contribution in [0.4, 0.5) is 0 Å². The van der Waals surface area contributed by atoms with E-state index in [0.29, 0.717) is 0 Å². The molecule has 100 valence electrons. The van der Waals surface area contributed by atoms with Crippen molar-refractivity contribution < 1.29 is 9.94 Å². The Morgan fingerprint density at radius 2 is 2.22 bits per heavy atom. The zero-order chi connectivity index (χ0) is 13.5. The van der Waals surface area contributed by atoms with Crippen LogP contribution in [-0.4, -0.2) is 43.3 Å². The average molecular weight is 251 g/mol. The standard InChI is InChI=1S/C13H21N3O2/c1-10-8-11(13(14)15-17)4-5-12(10)9-16(2)6-7-18-3/h4-5,8,17H,6-7,9H2,1-3H3,(H2,14,15). The fourth-order valence-electron chi connectivity index (χ4n) is 1.71. The minimum atomic E-state index is 0.136. The van der Waals surface area contributed by atoms with E-state index < -0.39 is 0 Å². The molecule has 0 fully saturated rings. The summed E-state index contributed by atoms with van der Waals surface area (Å²) in [6.07, 6.45) is 0. The van der Waals surface area contributed by atoms with E-state index in [0.717, 1.165) is 30.8 Å². The number of hydrogen-bond donors (Lipinski definition) is 2. The van der Waals surface area contributed by atoms with E-state index in [-0.39, 0.29) is 5.84 Å². The summed E-state index contributed by atoms with van der Waals surface area (Å²) in [5.74, 6) is 0.136. The first-order chi connectivity index (χ1) is 8.58. The normalized spacial score (nSPS) is 12.1. The summed E-state index contributed by atoms with van der Waals surface area (Å²) in [6, 6.07) is 5.79. The number of oxime groups is 1. The molecule has 0 aliphatic heterocycles. The van der Waals surface area contributed by atoms with Crippen LogP contribution in [0, 0.1) is 6.92 Å². The van der Waals surface area contributed by atoms with Gasteiger partial charge in [-0.3, -0.25) is 4.90 Å². The van der Waals surface area contributed by atoms with Crippen LogP contribution < -0.4 is 5.73 Å². The summed E-state index contributed by atoms with van der Waals surface area (Å²) in [5, 5.41) is 11.6. The number of likely N-dealkylation sites (N-methyl/N-ethyl adjacent to an activating group) is 1. The minimum absolute atomic E-state index is 0.136. The molecule has 0 bridgehead atoms. The van der Waals surface area contributed by atoms with Gasteiger partial charge in [0, 0.05) is 25.8 Å². The maximum absolute atomic E-state index is 8.63. The molecule has 0 heterocycles. The highest BCUT2D eigenvalue weighted by Gasteiger charge is 2.06. The summed E-state index contributed by atoms with van der Waals surface area (Å²) >= 11 is 0. The Morgan fingerprint density at radius 1 is 1.50 bits per heavy atom. The van der Waals surface area contributed by atoms with Gasteiger partial charge in [-0.1, -0.05) is 17.3 Å². The molecule has 18 heavy (non-hydrogen) atoms. The second-order valence-corrected chi connectivity index (χ2v) is 4.36. The lowest BCUT2D eigenvalue weighted by Crippen LogP contribution is -2.23. The molecular weight excluding hydrogens is 230 g/mol. The Hall–Kier alpha value is -1.59. The molecule has 1 aromatic rings. The van der Waals surface area contributed by atoms with Crippen LogP contribution in [0.25, 0.3) is 0 Å². The smallest absolute Gasteiger partial charge is 0.170 e. The van der Waals surface area contributed by atoms with Gasteiger partial charge in [-0.25, -0.2) is 0 Å². The molecule has 5 heteroatoms. The fraction of sp³-hybridized carbons (Fsp3) is 0.462. The first kappa shape index (κ1) is 14.5. The first-order valence-corrected chi connectivity index (χ1v) is 5.83. The maximum atomic E-state index is 8.63. The molecule has 0 aliphatic carbocycles. The average Bonchev–Trinajstić information content (AvgIpc) is 2.37. The molecule has 0 aromatic heterocycles. The van der Waals surface area contributed by atoms with Crippen LogP contribution in [0.3, 0.4) is 0 Å². The number of hydrogen-bond acceptors (Lipinski definition) is 4. The Bertz CT molecular complexity index is 419. The largest absolute Gasteiger partial charge is 0.409 e. The summed E-state index contributed by atoms with van der Waals surface area (Å²) in [5.41, 5.74) is 8.64. The van der Waals surface area contributed by atoms with Crippen molar-refractivity contribution in [2.24, 2.45) is 10.9 Å². The van der Waals surface area contributed by atoms with Crippen LogP contribution in [0.15, 0.2) is 23.4 Å². The van der Waals surface area contributed by atoms with Crippen LogP contribution >= 0.6 is 0 Å². The number of rotatable bonds is 6. The molecule has 0 atom stereocenters. The highest BCUT2D eigenvalue weighted by molar-refractivity contribution is 5.97. The summed E-state index contributed by atoms with van der Waals surface area (Å²) in [4.78, 5) is 2.19. The van der Waals surface area contributed by atoms with Gasteiger partial charge in [-0.05, 0) is 31.2 Å². The van der Waals surface area contributed by atoms with Crippen LogP contribution in [0.5, 0.6) is 0 Å². The lowest BCUT2D eigenvalue weighted by molar-refractivity contribution is 0.158. The van der Waals surface area contributed by atoms with Crippen molar-refractivity contribution in [3.05, 3.63) is 34.9 Å². The topological polar surface area (TPSA) is 71.1 Å². The molecule has 0 unspecified atom stereocenters. The third kappa shape index (κ3) is 4.01. The molecule has 0 aliphatic rings. The number of methoxy groups -OCH3 is 1. The van der Waals surface area contributed by atoms with Gasteiger partial charge in [-0.15, -0.1) is 0 Å². The summed E-state index contributed by atoms with van der Waals surface area (Å²) < 4.78 is 5.04. The fourth-order valence-corrected chi connectivity index (χ4v) is 1.71. The van der Waals surface area contributed by atoms with Crippen molar-refractivity contribution in [3.63, 3.8) is 0 Å². The Balaban J connectivity index is 2.74. The molecule has 0 radical (unpaired) electrons. The molecule has 0 amide bonds. The van der Waals surface area contributed by atoms with Gasteiger partial charge in [-0.2, -0.15) is 0 Å². The quantitative estimate of drug-likeness (QED) is 0.344. The predicted molar refractivity (Wildman–Crippen MR) is 71.9 cm³/mol. The number of ether oxygens (including phenoxy) is 1. The van der Waals surface area contributed by atoms with Gasteiger partial charge in [0.05, 0.1) is 6.61 Å². The van der Waals surface area contributed by atoms with E-state index in [9.17, 15) is 0 Å². The third-order valence-corrected chi connectivity index (χ3v) is 2.86. The SMILES string of the molecule is COCCN(C)Cc1ccc(/C(N)=N/O)cc1C. The van der Waals surface area contributed by atoms with E-state index in [2.05, 4.69) is 17.1 Å². The van der Waals surface area contributed by atoms with Crippen molar-refractivity contribution in [2.45, 2.75) is 13.5 Å².